The molecule has 5 nitrogen and oxygen atoms in total. The van der Waals surface area contributed by atoms with E-state index in [0.717, 1.165) is 40.8 Å². The lowest BCUT2D eigenvalue weighted by Gasteiger charge is -2.03. The zero-order valence-corrected chi connectivity index (χ0v) is 13.1. The monoisotopic (exact) mass is 302 g/mol. The Morgan fingerprint density at radius 3 is 2.76 bits per heavy atom. The van der Waals surface area contributed by atoms with Gasteiger partial charge in [-0.15, -0.1) is 10.2 Å². The van der Waals surface area contributed by atoms with Crippen molar-refractivity contribution in [1.82, 2.24) is 19.8 Å². The topological polar surface area (TPSA) is 52.3 Å². The molecule has 2 aromatic heterocycles. The van der Waals surface area contributed by atoms with Gasteiger partial charge in [0.1, 0.15) is 12.4 Å². The third-order valence-electron chi connectivity index (χ3n) is 3.23. The molecule has 0 aliphatic carbocycles. The first-order chi connectivity index (χ1) is 10.3. The Kier molecular flexibility index (Phi) is 4.15. The van der Waals surface area contributed by atoms with Crippen LogP contribution in [0.1, 0.15) is 36.2 Å². The first kappa shape index (κ1) is 14.0. The number of aryl methyl sites for hydroxylation is 2. The van der Waals surface area contributed by atoms with Crippen LogP contribution in [-0.2, 0) is 13.0 Å². The number of hydrogen-bond acceptors (Lipinski definition) is 5. The summed E-state index contributed by atoms with van der Waals surface area (Å²) >= 11 is 1.53. The predicted octanol–water partition coefficient (Wildman–Crippen LogP) is 3.42. The van der Waals surface area contributed by atoms with E-state index in [-0.39, 0.29) is 0 Å². The summed E-state index contributed by atoms with van der Waals surface area (Å²) < 4.78 is 7.59. The van der Waals surface area contributed by atoms with Gasteiger partial charge in [-0.25, -0.2) is 0 Å². The number of nitrogens with zero attached hydrogens (tertiary/aromatic N) is 4. The van der Waals surface area contributed by atoms with Crippen LogP contribution in [0, 0.1) is 6.92 Å². The van der Waals surface area contributed by atoms with Crippen molar-refractivity contribution in [2.75, 3.05) is 0 Å². The number of fused-ring (bicyclic) bond motifs is 1. The second-order valence-electron chi connectivity index (χ2n) is 5.01. The third kappa shape index (κ3) is 3.21. The Morgan fingerprint density at radius 2 is 2.00 bits per heavy atom. The predicted molar refractivity (Wildman–Crippen MR) is 82.8 cm³/mol. The SMILES string of the molecule is CCCCc1nnc2sc(COc3ccc(C)cc3)nn12. The highest BCUT2D eigenvalue weighted by Gasteiger charge is 2.11. The lowest BCUT2D eigenvalue weighted by atomic mass is 10.2. The molecular weight excluding hydrogens is 284 g/mol. The lowest BCUT2D eigenvalue weighted by molar-refractivity contribution is 0.304. The van der Waals surface area contributed by atoms with E-state index in [1.54, 1.807) is 0 Å². The van der Waals surface area contributed by atoms with Crippen LogP contribution in [0.3, 0.4) is 0 Å². The van der Waals surface area contributed by atoms with Gasteiger partial charge in [0.25, 0.3) is 0 Å². The van der Waals surface area contributed by atoms with Gasteiger partial charge >= 0.3 is 0 Å². The number of ether oxygens (including phenoxy) is 1. The summed E-state index contributed by atoms with van der Waals surface area (Å²) in [7, 11) is 0. The zero-order chi connectivity index (χ0) is 14.7. The average molecular weight is 302 g/mol. The first-order valence-corrected chi connectivity index (χ1v) is 7.97. The van der Waals surface area contributed by atoms with Gasteiger partial charge in [-0.05, 0) is 25.5 Å². The fourth-order valence-corrected chi connectivity index (χ4v) is 2.79. The van der Waals surface area contributed by atoms with E-state index in [9.17, 15) is 0 Å². The van der Waals surface area contributed by atoms with Crippen molar-refractivity contribution in [3.8, 4) is 5.75 Å². The normalized spacial score (nSPS) is 11.1. The summed E-state index contributed by atoms with van der Waals surface area (Å²) in [6.45, 7) is 4.69. The standard InChI is InChI=1S/C15H18N4OS/c1-3-4-5-13-16-17-15-19(13)18-14(21-15)10-20-12-8-6-11(2)7-9-12/h6-9H,3-5,10H2,1-2H3. The largest absolute Gasteiger partial charge is 0.486 e. The third-order valence-corrected chi connectivity index (χ3v) is 4.11. The molecule has 0 fully saturated rings. The molecule has 3 rings (SSSR count). The van der Waals surface area contributed by atoms with E-state index in [2.05, 4.69) is 29.1 Å². The molecule has 21 heavy (non-hydrogen) atoms. The summed E-state index contributed by atoms with van der Waals surface area (Å²) in [5, 5.41) is 13.8. The Labute approximate surface area is 127 Å². The van der Waals surface area contributed by atoms with Crippen molar-refractivity contribution in [2.45, 2.75) is 39.7 Å². The smallest absolute Gasteiger partial charge is 0.234 e. The molecule has 0 spiro atoms. The van der Waals surface area contributed by atoms with E-state index in [0.29, 0.717) is 6.61 Å². The average Bonchev–Trinajstić information content (AvgIpc) is 3.05. The molecule has 0 amide bonds. The van der Waals surface area contributed by atoms with Crippen LogP contribution in [0.15, 0.2) is 24.3 Å². The number of aromatic nitrogens is 4. The molecule has 0 unspecified atom stereocenters. The molecule has 6 heteroatoms. The highest BCUT2D eigenvalue weighted by molar-refractivity contribution is 7.16. The maximum Gasteiger partial charge on any atom is 0.234 e. The van der Waals surface area contributed by atoms with Gasteiger partial charge < -0.3 is 4.74 Å². The molecular formula is C15H18N4OS. The van der Waals surface area contributed by atoms with E-state index in [1.165, 1.54) is 16.9 Å². The molecule has 0 saturated heterocycles. The van der Waals surface area contributed by atoms with Gasteiger partial charge in [0.05, 0.1) is 0 Å². The molecule has 0 aliphatic heterocycles. The lowest BCUT2D eigenvalue weighted by Crippen LogP contribution is -1.99. The summed E-state index contributed by atoms with van der Waals surface area (Å²) in [6, 6.07) is 8.03. The quantitative estimate of drug-likeness (QED) is 0.700. The highest BCUT2D eigenvalue weighted by Crippen LogP contribution is 2.18. The van der Waals surface area contributed by atoms with Crippen molar-refractivity contribution in [1.29, 1.82) is 0 Å². The van der Waals surface area contributed by atoms with Crippen LogP contribution in [0.2, 0.25) is 0 Å². The Hall–Kier alpha value is -1.95. The summed E-state index contributed by atoms with van der Waals surface area (Å²) in [5.74, 6) is 1.79. The molecule has 0 saturated carbocycles. The molecule has 3 aromatic rings. The number of rotatable bonds is 6. The molecule has 0 N–H and O–H groups in total. The van der Waals surface area contributed by atoms with Crippen molar-refractivity contribution < 1.29 is 4.74 Å². The maximum absolute atomic E-state index is 5.75. The fraction of sp³-hybridized carbons (Fsp3) is 0.400. The molecule has 0 aliphatic rings. The minimum atomic E-state index is 0.463. The van der Waals surface area contributed by atoms with Crippen molar-refractivity contribution >= 4 is 16.3 Å². The molecule has 2 heterocycles. The van der Waals surface area contributed by atoms with Crippen molar-refractivity contribution in [3.63, 3.8) is 0 Å². The maximum atomic E-state index is 5.75. The van der Waals surface area contributed by atoms with Gasteiger partial charge in [-0.1, -0.05) is 42.4 Å². The van der Waals surface area contributed by atoms with Crippen molar-refractivity contribution in [3.05, 3.63) is 40.7 Å². The fourth-order valence-electron chi connectivity index (χ4n) is 2.03. The Morgan fingerprint density at radius 1 is 1.19 bits per heavy atom. The molecule has 0 bridgehead atoms. The number of unbranched alkanes of at least 4 members (excludes halogenated alkanes) is 1. The number of benzene rings is 1. The molecule has 0 atom stereocenters. The van der Waals surface area contributed by atoms with E-state index in [4.69, 9.17) is 4.74 Å². The zero-order valence-electron chi connectivity index (χ0n) is 12.2. The second kappa shape index (κ2) is 6.22. The first-order valence-electron chi connectivity index (χ1n) is 7.15. The summed E-state index contributed by atoms with van der Waals surface area (Å²) in [6.07, 6.45) is 3.16. The van der Waals surface area contributed by atoms with Crippen LogP contribution in [0.4, 0.5) is 0 Å². The van der Waals surface area contributed by atoms with Crippen LogP contribution < -0.4 is 4.74 Å². The second-order valence-corrected chi connectivity index (χ2v) is 6.05. The minimum absolute atomic E-state index is 0.463. The van der Waals surface area contributed by atoms with Crippen LogP contribution >= 0.6 is 11.3 Å². The van der Waals surface area contributed by atoms with Crippen LogP contribution in [-0.4, -0.2) is 19.8 Å². The van der Waals surface area contributed by atoms with Crippen molar-refractivity contribution in [2.24, 2.45) is 0 Å². The van der Waals surface area contributed by atoms with E-state index >= 15 is 0 Å². The van der Waals surface area contributed by atoms with Crippen LogP contribution in [0.25, 0.3) is 4.96 Å². The molecule has 1 aromatic carbocycles. The van der Waals surface area contributed by atoms with Gasteiger partial charge in [-0.2, -0.15) is 9.61 Å². The van der Waals surface area contributed by atoms with Gasteiger partial charge in [0.2, 0.25) is 4.96 Å². The van der Waals surface area contributed by atoms with Gasteiger partial charge in [0, 0.05) is 6.42 Å². The minimum Gasteiger partial charge on any atom is -0.486 e. The Bertz CT molecular complexity index is 717. The molecule has 110 valence electrons. The Balaban J connectivity index is 1.69. The molecule has 0 radical (unpaired) electrons. The summed E-state index contributed by atoms with van der Waals surface area (Å²) in [4.78, 5) is 0.837. The van der Waals surface area contributed by atoms with Gasteiger partial charge in [-0.3, -0.25) is 0 Å². The van der Waals surface area contributed by atoms with Gasteiger partial charge in [0.15, 0.2) is 10.8 Å². The highest BCUT2D eigenvalue weighted by atomic mass is 32.1. The van der Waals surface area contributed by atoms with E-state index < -0.39 is 0 Å². The number of hydrogen-bond donors (Lipinski definition) is 0. The summed E-state index contributed by atoms with van der Waals surface area (Å²) in [5.41, 5.74) is 1.22. The van der Waals surface area contributed by atoms with E-state index in [1.807, 2.05) is 28.8 Å². The van der Waals surface area contributed by atoms with Crippen LogP contribution in [0.5, 0.6) is 5.75 Å².